The molecular formula is C11H23F2NO3. The fraction of sp³-hybridized carbons (Fsp3) is 1.00. The van der Waals surface area contributed by atoms with Gasteiger partial charge in [0.05, 0.1) is 32.5 Å². The van der Waals surface area contributed by atoms with Crippen molar-refractivity contribution in [2.24, 2.45) is 0 Å². The summed E-state index contributed by atoms with van der Waals surface area (Å²) in [5, 5.41) is 11.8. The van der Waals surface area contributed by atoms with E-state index in [1.165, 1.54) is 0 Å². The summed E-state index contributed by atoms with van der Waals surface area (Å²) in [6.45, 7) is 3.55. The number of hydrogen-bond acceptors (Lipinski definition) is 4. The molecule has 1 atom stereocenters. The first-order chi connectivity index (χ1) is 8.16. The predicted molar refractivity (Wildman–Crippen MR) is 61.4 cm³/mol. The molecule has 0 spiro atoms. The molecule has 6 heteroatoms. The molecule has 0 saturated carbocycles. The van der Waals surface area contributed by atoms with E-state index < -0.39 is 19.1 Å². The van der Waals surface area contributed by atoms with Gasteiger partial charge in [-0.15, -0.1) is 0 Å². The van der Waals surface area contributed by atoms with Gasteiger partial charge in [0.25, 0.3) is 6.43 Å². The summed E-state index contributed by atoms with van der Waals surface area (Å²) in [7, 11) is 0. The lowest BCUT2D eigenvalue weighted by atomic mass is 10.4. The summed E-state index contributed by atoms with van der Waals surface area (Å²) in [6.07, 6.45) is -1.03. The Kier molecular flexibility index (Phi) is 12.0. The lowest BCUT2D eigenvalue weighted by molar-refractivity contribution is 0.00288. The van der Waals surface area contributed by atoms with E-state index in [1.54, 1.807) is 0 Å². The Balaban J connectivity index is 3.13. The lowest BCUT2D eigenvalue weighted by Crippen LogP contribution is -2.33. The van der Waals surface area contributed by atoms with Gasteiger partial charge >= 0.3 is 0 Å². The highest BCUT2D eigenvalue weighted by Gasteiger charge is 2.06. The van der Waals surface area contributed by atoms with Crippen LogP contribution < -0.4 is 5.32 Å². The topological polar surface area (TPSA) is 50.7 Å². The highest BCUT2D eigenvalue weighted by atomic mass is 19.3. The fourth-order valence-corrected chi connectivity index (χ4v) is 1.10. The van der Waals surface area contributed by atoms with Gasteiger partial charge in [0.2, 0.25) is 0 Å². The van der Waals surface area contributed by atoms with Gasteiger partial charge in [-0.25, -0.2) is 8.78 Å². The zero-order valence-electron chi connectivity index (χ0n) is 10.3. The van der Waals surface area contributed by atoms with E-state index in [2.05, 4.69) is 12.2 Å². The number of aliphatic hydroxyl groups excluding tert-OH is 1. The van der Waals surface area contributed by atoms with Crippen molar-refractivity contribution >= 4 is 0 Å². The third-order valence-electron chi connectivity index (χ3n) is 2.00. The zero-order valence-corrected chi connectivity index (χ0v) is 10.3. The van der Waals surface area contributed by atoms with Crippen LogP contribution in [-0.4, -0.2) is 57.2 Å². The van der Waals surface area contributed by atoms with Crippen molar-refractivity contribution in [1.29, 1.82) is 0 Å². The van der Waals surface area contributed by atoms with Gasteiger partial charge in [-0.2, -0.15) is 0 Å². The number of halogens is 2. The van der Waals surface area contributed by atoms with Crippen LogP contribution in [0.3, 0.4) is 0 Å². The molecule has 0 saturated heterocycles. The molecule has 1 unspecified atom stereocenters. The van der Waals surface area contributed by atoms with Crippen LogP contribution in [0, 0.1) is 0 Å². The monoisotopic (exact) mass is 255 g/mol. The molecule has 0 radical (unpaired) electrons. The van der Waals surface area contributed by atoms with Crippen molar-refractivity contribution < 1.29 is 23.4 Å². The van der Waals surface area contributed by atoms with E-state index in [4.69, 9.17) is 9.47 Å². The van der Waals surface area contributed by atoms with Crippen LogP contribution in [-0.2, 0) is 9.47 Å². The average molecular weight is 255 g/mol. The maximum atomic E-state index is 11.7. The van der Waals surface area contributed by atoms with Crippen LogP contribution in [0.4, 0.5) is 8.78 Å². The number of nitrogens with one attached hydrogen (secondary N) is 1. The highest BCUT2D eigenvalue weighted by molar-refractivity contribution is 4.58. The number of aliphatic hydroxyl groups is 1. The maximum absolute atomic E-state index is 11.7. The molecule has 4 nitrogen and oxygen atoms in total. The molecule has 0 bridgehead atoms. The molecule has 0 aromatic carbocycles. The van der Waals surface area contributed by atoms with E-state index in [0.29, 0.717) is 13.2 Å². The Morgan fingerprint density at radius 2 is 1.82 bits per heavy atom. The first-order valence-corrected chi connectivity index (χ1v) is 5.99. The summed E-state index contributed by atoms with van der Waals surface area (Å²) in [5.74, 6) is 0. The quantitative estimate of drug-likeness (QED) is 0.512. The number of unbranched alkanes of at least 4 members (excludes halogenated alkanes) is 1. The second-order valence-corrected chi connectivity index (χ2v) is 3.74. The molecular weight excluding hydrogens is 232 g/mol. The summed E-state index contributed by atoms with van der Waals surface area (Å²) in [4.78, 5) is 0. The molecule has 0 aromatic rings. The molecule has 2 N–H and O–H groups in total. The van der Waals surface area contributed by atoms with Crippen LogP contribution in [0.25, 0.3) is 0 Å². The second kappa shape index (κ2) is 12.2. The first kappa shape index (κ1) is 16.7. The van der Waals surface area contributed by atoms with Crippen molar-refractivity contribution in [3.05, 3.63) is 0 Å². The van der Waals surface area contributed by atoms with E-state index in [9.17, 15) is 13.9 Å². The van der Waals surface area contributed by atoms with Crippen molar-refractivity contribution in [2.75, 3.05) is 39.5 Å². The second-order valence-electron chi connectivity index (χ2n) is 3.74. The number of hydrogen-bond donors (Lipinski definition) is 2. The minimum atomic E-state index is -2.39. The molecule has 0 aliphatic heterocycles. The average Bonchev–Trinajstić information content (AvgIpc) is 2.27. The molecule has 0 aliphatic rings. The highest BCUT2D eigenvalue weighted by Crippen LogP contribution is 1.90. The lowest BCUT2D eigenvalue weighted by Gasteiger charge is -2.12. The summed E-state index contributed by atoms with van der Waals surface area (Å²) in [5.41, 5.74) is 0. The zero-order chi connectivity index (χ0) is 12.9. The molecule has 0 rings (SSSR count). The van der Waals surface area contributed by atoms with E-state index >= 15 is 0 Å². The van der Waals surface area contributed by atoms with Crippen molar-refractivity contribution in [3.63, 3.8) is 0 Å². The summed E-state index contributed by atoms with van der Waals surface area (Å²) < 4.78 is 33.9. The fourth-order valence-electron chi connectivity index (χ4n) is 1.10. The molecule has 17 heavy (non-hydrogen) atoms. The Morgan fingerprint density at radius 1 is 1.12 bits per heavy atom. The van der Waals surface area contributed by atoms with Gasteiger partial charge < -0.3 is 19.9 Å². The number of alkyl halides is 2. The van der Waals surface area contributed by atoms with E-state index in [0.717, 1.165) is 19.4 Å². The van der Waals surface area contributed by atoms with Gasteiger partial charge in [-0.05, 0) is 6.42 Å². The van der Waals surface area contributed by atoms with E-state index in [-0.39, 0.29) is 13.2 Å². The van der Waals surface area contributed by atoms with Crippen molar-refractivity contribution in [3.8, 4) is 0 Å². The summed E-state index contributed by atoms with van der Waals surface area (Å²) >= 11 is 0. The minimum absolute atomic E-state index is 0.112. The van der Waals surface area contributed by atoms with Crippen LogP contribution in [0.2, 0.25) is 0 Å². The predicted octanol–water partition coefficient (Wildman–Crippen LogP) is 1.04. The SMILES string of the molecule is CCCCOCCOCC(O)CNCC(F)F. The third-order valence-corrected chi connectivity index (χ3v) is 2.00. The molecule has 0 aliphatic carbocycles. The van der Waals surface area contributed by atoms with Gasteiger partial charge in [-0.1, -0.05) is 13.3 Å². The Labute approximate surface area is 101 Å². The first-order valence-electron chi connectivity index (χ1n) is 5.99. The van der Waals surface area contributed by atoms with Gasteiger partial charge in [-0.3, -0.25) is 0 Å². The Morgan fingerprint density at radius 3 is 2.47 bits per heavy atom. The Hall–Kier alpha value is -0.300. The van der Waals surface area contributed by atoms with Crippen LogP contribution in [0.5, 0.6) is 0 Å². The van der Waals surface area contributed by atoms with Crippen molar-refractivity contribution in [1.82, 2.24) is 5.32 Å². The van der Waals surface area contributed by atoms with Crippen LogP contribution >= 0.6 is 0 Å². The Bertz CT molecular complexity index is 162. The molecule has 0 amide bonds. The molecule has 0 fully saturated rings. The molecule has 0 aromatic heterocycles. The standard InChI is InChI=1S/C11H23F2NO3/c1-2-3-4-16-5-6-17-9-10(15)7-14-8-11(12)13/h10-11,14-15H,2-9H2,1H3. The smallest absolute Gasteiger partial charge is 0.250 e. The largest absolute Gasteiger partial charge is 0.389 e. The maximum Gasteiger partial charge on any atom is 0.250 e. The van der Waals surface area contributed by atoms with Crippen LogP contribution in [0.15, 0.2) is 0 Å². The van der Waals surface area contributed by atoms with Crippen molar-refractivity contribution in [2.45, 2.75) is 32.3 Å². The normalized spacial score (nSPS) is 13.2. The van der Waals surface area contributed by atoms with Gasteiger partial charge in [0, 0.05) is 13.2 Å². The van der Waals surface area contributed by atoms with Gasteiger partial charge in [0.15, 0.2) is 0 Å². The number of rotatable bonds is 12. The molecule has 0 heterocycles. The van der Waals surface area contributed by atoms with Crippen LogP contribution in [0.1, 0.15) is 19.8 Å². The number of ether oxygens (including phenoxy) is 2. The van der Waals surface area contributed by atoms with Gasteiger partial charge in [0.1, 0.15) is 0 Å². The summed E-state index contributed by atoms with van der Waals surface area (Å²) in [6, 6.07) is 0. The van der Waals surface area contributed by atoms with E-state index in [1.807, 2.05) is 0 Å². The third kappa shape index (κ3) is 13.6. The molecule has 104 valence electrons. The minimum Gasteiger partial charge on any atom is -0.389 e.